The standard InChI is InChI=1S/C16H13NO2/c1-17(2)14-9-15(18)16(19)13-8-11-6-4-3-5-10(11)7-12(13)14/h3-9H,1-2H3. The lowest BCUT2D eigenvalue weighted by Crippen LogP contribution is -2.23. The van der Waals surface area contributed by atoms with Gasteiger partial charge in [-0.15, -0.1) is 0 Å². The van der Waals surface area contributed by atoms with Crippen molar-refractivity contribution >= 4 is 28.0 Å². The van der Waals surface area contributed by atoms with Gasteiger partial charge in [0.15, 0.2) is 0 Å². The van der Waals surface area contributed by atoms with Crippen LogP contribution >= 0.6 is 0 Å². The van der Waals surface area contributed by atoms with Gasteiger partial charge in [-0.25, -0.2) is 0 Å². The predicted octanol–water partition coefficient (Wildman–Crippen LogP) is 2.51. The molecule has 3 rings (SSSR count). The van der Waals surface area contributed by atoms with Crippen LogP contribution in [0, 0.1) is 0 Å². The molecule has 0 bridgehead atoms. The summed E-state index contributed by atoms with van der Waals surface area (Å²) in [5, 5.41) is 2.04. The first kappa shape index (κ1) is 11.7. The summed E-state index contributed by atoms with van der Waals surface area (Å²) in [4.78, 5) is 25.6. The molecule has 94 valence electrons. The van der Waals surface area contributed by atoms with Gasteiger partial charge in [-0.2, -0.15) is 0 Å². The Balaban J connectivity index is 2.35. The number of allylic oxidation sites excluding steroid dienone is 1. The quantitative estimate of drug-likeness (QED) is 0.731. The molecule has 19 heavy (non-hydrogen) atoms. The van der Waals surface area contributed by atoms with E-state index in [1.54, 1.807) is 6.07 Å². The monoisotopic (exact) mass is 251 g/mol. The third kappa shape index (κ3) is 1.74. The summed E-state index contributed by atoms with van der Waals surface area (Å²) < 4.78 is 0. The smallest absolute Gasteiger partial charge is 0.233 e. The van der Waals surface area contributed by atoms with E-state index in [4.69, 9.17) is 0 Å². The Kier molecular flexibility index (Phi) is 2.49. The molecule has 0 amide bonds. The molecular formula is C16H13NO2. The van der Waals surface area contributed by atoms with Crippen LogP contribution in [0.3, 0.4) is 0 Å². The van der Waals surface area contributed by atoms with Crippen molar-refractivity contribution in [1.82, 2.24) is 4.90 Å². The van der Waals surface area contributed by atoms with Gasteiger partial charge in [0, 0.05) is 37.0 Å². The number of benzene rings is 2. The molecule has 0 unspecified atom stereocenters. The third-order valence-electron chi connectivity index (χ3n) is 3.38. The molecule has 3 nitrogen and oxygen atoms in total. The summed E-state index contributed by atoms with van der Waals surface area (Å²) in [5.41, 5.74) is 2.11. The molecule has 0 radical (unpaired) electrons. The van der Waals surface area contributed by atoms with Gasteiger partial charge in [-0.1, -0.05) is 24.3 Å². The Morgan fingerprint density at radius 3 is 2.05 bits per heavy atom. The largest absolute Gasteiger partial charge is 0.377 e. The van der Waals surface area contributed by atoms with E-state index in [9.17, 15) is 9.59 Å². The van der Waals surface area contributed by atoms with Crippen molar-refractivity contribution in [1.29, 1.82) is 0 Å². The van der Waals surface area contributed by atoms with Crippen LogP contribution in [0.5, 0.6) is 0 Å². The van der Waals surface area contributed by atoms with E-state index >= 15 is 0 Å². The van der Waals surface area contributed by atoms with Crippen molar-refractivity contribution in [2.45, 2.75) is 0 Å². The van der Waals surface area contributed by atoms with Crippen LogP contribution in [0.4, 0.5) is 0 Å². The molecule has 3 heteroatoms. The zero-order valence-corrected chi connectivity index (χ0v) is 10.8. The van der Waals surface area contributed by atoms with E-state index in [2.05, 4.69) is 0 Å². The van der Waals surface area contributed by atoms with E-state index in [-0.39, 0.29) is 0 Å². The molecule has 2 aromatic rings. The van der Waals surface area contributed by atoms with Crippen LogP contribution in [0.15, 0.2) is 42.5 Å². The Hall–Kier alpha value is -2.42. The van der Waals surface area contributed by atoms with E-state index < -0.39 is 11.6 Å². The van der Waals surface area contributed by atoms with Crippen molar-refractivity contribution < 1.29 is 9.59 Å². The van der Waals surface area contributed by atoms with Crippen LogP contribution in [0.2, 0.25) is 0 Å². The summed E-state index contributed by atoms with van der Waals surface area (Å²) >= 11 is 0. The van der Waals surface area contributed by atoms with Crippen LogP contribution < -0.4 is 0 Å². The first-order valence-electron chi connectivity index (χ1n) is 6.09. The maximum atomic E-state index is 12.0. The van der Waals surface area contributed by atoms with Crippen LogP contribution in [-0.4, -0.2) is 30.6 Å². The molecule has 0 saturated heterocycles. The molecule has 0 atom stereocenters. The van der Waals surface area contributed by atoms with Crippen molar-refractivity contribution in [2.75, 3.05) is 14.1 Å². The maximum Gasteiger partial charge on any atom is 0.233 e. The minimum atomic E-state index is -0.452. The molecule has 0 saturated carbocycles. The van der Waals surface area contributed by atoms with Crippen molar-refractivity contribution in [3.63, 3.8) is 0 Å². The van der Waals surface area contributed by atoms with E-state index in [0.717, 1.165) is 22.0 Å². The fourth-order valence-electron chi connectivity index (χ4n) is 2.41. The second-order valence-corrected chi connectivity index (χ2v) is 4.86. The predicted molar refractivity (Wildman–Crippen MR) is 74.9 cm³/mol. The Morgan fingerprint density at radius 1 is 0.895 bits per heavy atom. The van der Waals surface area contributed by atoms with Gasteiger partial charge in [-0.05, 0) is 22.9 Å². The highest BCUT2D eigenvalue weighted by Crippen LogP contribution is 2.30. The minimum absolute atomic E-state index is 0.425. The van der Waals surface area contributed by atoms with Crippen LogP contribution in [-0.2, 0) is 4.79 Å². The third-order valence-corrected chi connectivity index (χ3v) is 3.38. The molecule has 0 aromatic heterocycles. The number of rotatable bonds is 1. The summed E-state index contributed by atoms with van der Waals surface area (Å²) in [6.45, 7) is 0. The van der Waals surface area contributed by atoms with Crippen LogP contribution in [0.25, 0.3) is 16.5 Å². The minimum Gasteiger partial charge on any atom is -0.377 e. The topological polar surface area (TPSA) is 37.4 Å². The average Bonchev–Trinajstić information content (AvgIpc) is 2.41. The van der Waals surface area contributed by atoms with E-state index in [1.807, 2.05) is 49.3 Å². The fraction of sp³-hybridized carbons (Fsp3) is 0.125. The van der Waals surface area contributed by atoms with Crippen LogP contribution in [0.1, 0.15) is 15.9 Å². The molecule has 0 N–H and O–H groups in total. The molecule has 0 fully saturated rings. The van der Waals surface area contributed by atoms with Gasteiger partial charge in [0.05, 0.1) is 0 Å². The second-order valence-electron chi connectivity index (χ2n) is 4.86. The molecule has 0 heterocycles. The molecule has 0 aliphatic heterocycles. The highest BCUT2D eigenvalue weighted by Gasteiger charge is 2.26. The Morgan fingerprint density at radius 2 is 1.47 bits per heavy atom. The van der Waals surface area contributed by atoms with Crippen molar-refractivity contribution in [2.24, 2.45) is 0 Å². The number of fused-ring (bicyclic) bond motifs is 2. The fourth-order valence-corrected chi connectivity index (χ4v) is 2.41. The zero-order valence-electron chi connectivity index (χ0n) is 10.8. The van der Waals surface area contributed by atoms with Gasteiger partial charge in [0.1, 0.15) is 0 Å². The molecule has 1 aliphatic rings. The highest BCUT2D eigenvalue weighted by molar-refractivity contribution is 6.50. The molecule has 0 spiro atoms. The Bertz CT molecular complexity index is 741. The maximum absolute atomic E-state index is 12.0. The van der Waals surface area contributed by atoms with Crippen molar-refractivity contribution in [3.8, 4) is 0 Å². The van der Waals surface area contributed by atoms with Gasteiger partial charge >= 0.3 is 0 Å². The number of ketones is 2. The number of hydrogen-bond acceptors (Lipinski definition) is 3. The molecule has 2 aromatic carbocycles. The van der Waals surface area contributed by atoms with Gasteiger partial charge in [-0.3, -0.25) is 9.59 Å². The summed E-state index contributed by atoms with van der Waals surface area (Å²) in [7, 11) is 3.74. The molecular weight excluding hydrogens is 238 g/mol. The van der Waals surface area contributed by atoms with Crippen molar-refractivity contribution in [3.05, 3.63) is 53.6 Å². The lowest BCUT2D eigenvalue weighted by atomic mass is 9.89. The van der Waals surface area contributed by atoms with E-state index in [0.29, 0.717) is 5.56 Å². The number of carbonyl (C=O) groups is 2. The highest BCUT2D eigenvalue weighted by atomic mass is 16.2. The molecule has 1 aliphatic carbocycles. The number of nitrogens with zero attached hydrogens (tertiary/aromatic N) is 1. The normalized spacial score (nSPS) is 14.3. The number of carbonyl (C=O) groups excluding carboxylic acids is 2. The summed E-state index contributed by atoms with van der Waals surface area (Å²) in [5.74, 6) is -0.877. The SMILES string of the molecule is CN(C)C1=CC(=O)C(=O)c2cc3ccccc3cc21. The average molecular weight is 251 g/mol. The first-order valence-corrected chi connectivity index (χ1v) is 6.09. The van der Waals surface area contributed by atoms with Gasteiger partial charge in [0.25, 0.3) is 0 Å². The zero-order chi connectivity index (χ0) is 13.6. The van der Waals surface area contributed by atoms with Gasteiger partial charge in [0.2, 0.25) is 11.6 Å². The summed E-state index contributed by atoms with van der Waals surface area (Å²) in [6, 6.07) is 11.6. The lowest BCUT2D eigenvalue weighted by molar-refractivity contribution is -0.111. The number of Topliss-reactive ketones (excluding diaryl/α,β-unsaturated/α-hetero) is 1. The first-order chi connectivity index (χ1) is 9.08. The van der Waals surface area contributed by atoms with E-state index in [1.165, 1.54) is 6.08 Å². The Labute approximate surface area is 111 Å². The summed E-state index contributed by atoms with van der Waals surface area (Å²) in [6.07, 6.45) is 1.42. The van der Waals surface area contributed by atoms with Gasteiger partial charge < -0.3 is 4.90 Å². The lowest BCUT2D eigenvalue weighted by Gasteiger charge is -2.23. The number of hydrogen-bond donors (Lipinski definition) is 0. The second kappa shape index (κ2) is 4.05.